The molecule has 2 aliphatic carbocycles. The van der Waals surface area contributed by atoms with Crippen molar-refractivity contribution in [3.63, 3.8) is 0 Å². The van der Waals surface area contributed by atoms with Crippen LogP contribution < -0.4 is 4.74 Å². The Kier molecular flexibility index (Phi) is 4.37. The van der Waals surface area contributed by atoms with Crippen LogP contribution in [0.4, 0.5) is 13.2 Å². The Morgan fingerprint density at radius 1 is 0.955 bits per heavy atom. The summed E-state index contributed by atoms with van der Waals surface area (Å²) in [6.45, 7) is 2.33. The molecular formula is C18H23F3O. The maximum Gasteiger partial charge on any atom is 0.573 e. The Morgan fingerprint density at radius 3 is 2.36 bits per heavy atom. The fourth-order valence-electron chi connectivity index (χ4n) is 4.12. The summed E-state index contributed by atoms with van der Waals surface area (Å²) in [6.07, 6.45) is 3.67. The van der Waals surface area contributed by atoms with Crippen LogP contribution in [0.1, 0.15) is 50.2 Å². The van der Waals surface area contributed by atoms with Gasteiger partial charge >= 0.3 is 6.36 Å². The van der Waals surface area contributed by atoms with Crippen molar-refractivity contribution in [1.29, 1.82) is 0 Å². The van der Waals surface area contributed by atoms with E-state index in [0.29, 0.717) is 5.92 Å². The predicted octanol–water partition coefficient (Wildman–Crippen LogP) is 5.52. The molecule has 1 atom stereocenters. The van der Waals surface area contributed by atoms with Crippen molar-refractivity contribution in [2.24, 2.45) is 17.8 Å². The van der Waals surface area contributed by atoms with E-state index in [2.05, 4.69) is 11.7 Å². The minimum atomic E-state index is -4.61. The van der Waals surface area contributed by atoms with Gasteiger partial charge in [-0.3, -0.25) is 0 Å². The van der Waals surface area contributed by atoms with Crippen molar-refractivity contribution in [3.05, 3.63) is 29.3 Å². The molecule has 0 amide bonds. The summed E-state index contributed by atoms with van der Waals surface area (Å²) < 4.78 is 40.9. The third-order valence-corrected chi connectivity index (χ3v) is 5.41. The van der Waals surface area contributed by atoms with Crippen molar-refractivity contribution in [3.8, 4) is 5.75 Å². The highest BCUT2D eigenvalue weighted by Gasteiger charge is 2.32. The monoisotopic (exact) mass is 312 g/mol. The molecule has 0 saturated heterocycles. The maximum absolute atomic E-state index is 12.3. The summed E-state index contributed by atoms with van der Waals surface area (Å²) in [5, 5.41) is 0. The Labute approximate surface area is 129 Å². The van der Waals surface area contributed by atoms with Gasteiger partial charge in [0.2, 0.25) is 0 Å². The number of aryl methyl sites for hydroxylation is 1. The Morgan fingerprint density at radius 2 is 1.68 bits per heavy atom. The second-order valence-electron chi connectivity index (χ2n) is 7.00. The number of halogens is 3. The van der Waals surface area contributed by atoms with Gasteiger partial charge in [0.15, 0.2) is 0 Å². The van der Waals surface area contributed by atoms with E-state index >= 15 is 0 Å². The molecule has 1 aromatic carbocycles. The molecule has 0 aliphatic heterocycles. The van der Waals surface area contributed by atoms with Crippen molar-refractivity contribution in [1.82, 2.24) is 0 Å². The molecule has 122 valence electrons. The third kappa shape index (κ3) is 3.76. The molecule has 1 aromatic rings. The van der Waals surface area contributed by atoms with E-state index in [1.807, 2.05) is 6.07 Å². The Balaban J connectivity index is 1.66. The van der Waals surface area contributed by atoms with Gasteiger partial charge in [0.25, 0.3) is 0 Å². The molecule has 1 unspecified atom stereocenters. The van der Waals surface area contributed by atoms with Crippen molar-refractivity contribution < 1.29 is 17.9 Å². The minimum absolute atomic E-state index is 0.0869. The second-order valence-corrected chi connectivity index (χ2v) is 7.00. The van der Waals surface area contributed by atoms with E-state index in [1.54, 1.807) is 6.07 Å². The molecule has 0 aromatic heterocycles. The number of rotatable bonds is 2. The Hall–Kier alpha value is -1.19. The van der Waals surface area contributed by atoms with Gasteiger partial charge in [-0.15, -0.1) is 13.2 Å². The highest BCUT2D eigenvalue weighted by Crippen LogP contribution is 2.40. The van der Waals surface area contributed by atoms with Gasteiger partial charge in [-0.2, -0.15) is 0 Å². The van der Waals surface area contributed by atoms with Crippen LogP contribution >= 0.6 is 0 Å². The molecule has 2 aliphatic rings. The van der Waals surface area contributed by atoms with Crippen LogP contribution in [-0.4, -0.2) is 6.36 Å². The van der Waals surface area contributed by atoms with E-state index in [1.165, 1.54) is 37.3 Å². The molecule has 0 radical (unpaired) electrons. The molecular weight excluding hydrogens is 289 g/mol. The first-order chi connectivity index (χ1) is 10.4. The number of hydrogen-bond donors (Lipinski definition) is 0. The largest absolute Gasteiger partial charge is 0.573 e. The first-order valence-corrected chi connectivity index (χ1v) is 8.28. The molecule has 0 bridgehead atoms. The van der Waals surface area contributed by atoms with Crippen LogP contribution in [0.15, 0.2) is 18.2 Å². The number of hydrogen-bond acceptors (Lipinski definition) is 1. The number of benzene rings is 1. The van der Waals surface area contributed by atoms with E-state index in [9.17, 15) is 13.2 Å². The highest BCUT2D eigenvalue weighted by atomic mass is 19.4. The van der Waals surface area contributed by atoms with Gasteiger partial charge in [0, 0.05) is 0 Å². The van der Waals surface area contributed by atoms with Crippen LogP contribution in [0.5, 0.6) is 5.75 Å². The standard InChI is InChI=1S/C18H23F3O/c1-12-2-4-13(5-3-12)14-6-7-16-11-17(22-18(19,20)21)9-8-15(16)10-14/h8-9,11-14H,2-7,10H2,1H3. The zero-order valence-corrected chi connectivity index (χ0v) is 13.0. The van der Waals surface area contributed by atoms with Gasteiger partial charge in [-0.25, -0.2) is 0 Å². The fourth-order valence-corrected chi connectivity index (χ4v) is 4.12. The van der Waals surface area contributed by atoms with Gasteiger partial charge in [-0.05, 0) is 73.1 Å². The molecule has 0 N–H and O–H groups in total. The zero-order valence-electron chi connectivity index (χ0n) is 13.0. The lowest BCUT2D eigenvalue weighted by Gasteiger charge is -2.35. The summed E-state index contributed by atoms with van der Waals surface area (Å²) >= 11 is 0. The first-order valence-electron chi connectivity index (χ1n) is 8.28. The maximum atomic E-state index is 12.3. The third-order valence-electron chi connectivity index (χ3n) is 5.41. The lowest BCUT2D eigenvalue weighted by molar-refractivity contribution is -0.274. The van der Waals surface area contributed by atoms with Crippen LogP contribution in [0.3, 0.4) is 0 Å². The molecule has 0 spiro atoms. The summed E-state index contributed by atoms with van der Waals surface area (Å²) in [7, 11) is 0. The number of fused-ring (bicyclic) bond motifs is 1. The average Bonchev–Trinajstić information content (AvgIpc) is 2.46. The van der Waals surface area contributed by atoms with E-state index < -0.39 is 6.36 Å². The molecule has 3 rings (SSSR count). The summed E-state index contributed by atoms with van der Waals surface area (Å²) in [5.41, 5.74) is 2.24. The molecule has 22 heavy (non-hydrogen) atoms. The van der Waals surface area contributed by atoms with Crippen LogP contribution in [-0.2, 0) is 12.8 Å². The van der Waals surface area contributed by atoms with Gasteiger partial charge in [0.05, 0.1) is 0 Å². The van der Waals surface area contributed by atoms with Gasteiger partial charge < -0.3 is 4.74 Å². The Bertz CT molecular complexity index is 516. The molecule has 1 nitrogen and oxygen atoms in total. The number of ether oxygens (including phenoxy) is 1. The molecule has 1 fully saturated rings. The van der Waals surface area contributed by atoms with Crippen molar-refractivity contribution in [2.75, 3.05) is 0 Å². The van der Waals surface area contributed by atoms with Crippen LogP contribution in [0.25, 0.3) is 0 Å². The average molecular weight is 312 g/mol. The summed E-state index contributed by atoms with van der Waals surface area (Å²) in [4.78, 5) is 0. The van der Waals surface area contributed by atoms with E-state index in [4.69, 9.17) is 0 Å². The number of alkyl halides is 3. The SMILES string of the molecule is CC1CCC(C2CCc3cc(OC(F)(F)F)ccc3C2)CC1. The summed E-state index contributed by atoms with van der Waals surface area (Å²) in [5.74, 6) is 2.27. The highest BCUT2D eigenvalue weighted by molar-refractivity contribution is 5.37. The zero-order chi connectivity index (χ0) is 15.7. The predicted molar refractivity (Wildman–Crippen MR) is 79.8 cm³/mol. The molecule has 0 heterocycles. The van der Waals surface area contributed by atoms with E-state index in [0.717, 1.165) is 36.7 Å². The lowest BCUT2D eigenvalue weighted by atomic mass is 9.70. The fraction of sp³-hybridized carbons (Fsp3) is 0.667. The minimum Gasteiger partial charge on any atom is -0.406 e. The van der Waals surface area contributed by atoms with Gasteiger partial charge in [0.1, 0.15) is 5.75 Å². The normalized spacial score (nSPS) is 29.0. The topological polar surface area (TPSA) is 9.23 Å². The van der Waals surface area contributed by atoms with Crippen LogP contribution in [0, 0.1) is 17.8 Å². The molecule has 4 heteroatoms. The van der Waals surface area contributed by atoms with Crippen molar-refractivity contribution >= 4 is 0 Å². The summed E-state index contributed by atoms with van der Waals surface area (Å²) in [6, 6.07) is 4.85. The van der Waals surface area contributed by atoms with Gasteiger partial charge in [-0.1, -0.05) is 25.8 Å². The molecule has 1 saturated carbocycles. The van der Waals surface area contributed by atoms with Crippen molar-refractivity contribution in [2.45, 2.75) is 58.2 Å². The quantitative estimate of drug-likeness (QED) is 0.699. The second kappa shape index (κ2) is 6.13. The first kappa shape index (κ1) is 15.7. The van der Waals surface area contributed by atoms with E-state index in [-0.39, 0.29) is 5.75 Å². The lowest BCUT2D eigenvalue weighted by Crippen LogP contribution is -2.26. The smallest absolute Gasteiger partial charge is 0.406 e. The van der Waals surface area contributed by atoms with Crippen LogP contribution in [0.2, 0.25) is 0 Å².